The van der Waals surface area contributed by atoms with Crippen LogP contribution in [0.15, 0.2) is 54.6 Å². The number of benzene rings is 2. The van der Waals surface area contributed by atoms with Gasteiger partial charge in [-0.15, -0.1) is 0 Å². The van der Waals surface area contributed by atoms with E-state index in [-0.39, 0.29) is 0 Å². The summed E-state index contributed by atoms with van der Waals surface area (Å²) >= 11 is 0. The summed E-state index contributed by atoms with van der Waals surface area (Å²) in [7, 11) is 1.59. The fourth-order valence-electron chi connectivity index (χ4n) is 2.52. The second-order valence-electron chi connectivity index (χ2n) is 6.88. The van der Waals surface area contributed by atoms with Crippen molar-refractivity contribution >= 4 is 11.8 Å². The molecule has 0 heterocycles. The maximum Gasteiger partial charge on any atom is 0.375 e. The Hall–Kier alpha value is -2.62. The Bertz CT molecular complexity index is 712. The molecule has 0 aliphatic heterocycles. The van der Waals surface area contributed by atoms with Gasteiger partial charge in [-0.3, -0.25) is 4.79 Å². The van der Waals surface area contributed by atoms with Crippen LogP contribution in [0.1, 0.15) is 37.8 Å². The molecule has 0 aliphatic rings. The zero-order chi connectivity index (χ0) is 18.4. The lowest BCUT2D eigenvalue weighted by Gasteiger charge is -2.22. The number of carbonyl (C=O) groups excluding carboxylic acids is 2. The molecule has 2 aromatic carbocycles. The standard InChI is InChI=1S/C21H24O4/c1-21(2,3)25-20(23)19(22)18(14-15-8-6-5-7-9-15)16-10-12-17(24-4)13-11-16/h5-13,18H,14H2,1-4H3. The number of rotatable bonds is 6. The molecule has 25 heavy (non-hydrogen) atoms. The average Bonchev–Trinajstić information content (AvgIpc) is 2.58. The minimum atomic E-state index is -0.802. The third-order valence-corrected chi connectivity index (χ3v) is 3.72. The molecule has 4 nitrogen and oxygen atoms in total. The van der Waals surface area contributed by atoms with Crippen LogP contribution < -0.4 is 4.74 Å². The van der Waals surface area contributed by atoms with Crippen molar-refractivity contribution in [3.05, 3.63) is 65.7 Å². The first-order valence-corrected chi connectivity index (χ1v) is 8.25. The van der Waals surface area contributed by atoms with E-state index in [0.717, 1.165) is 11.1 Å². The number of ether oxygens (including phenoxy) is 2. The maximum absolute atomic E-state index is 12.8. The molecular weight excluding hydrogens is 316 g/mol. The Morgan fingerprint density at radius 1 is 0.960 bits per heavy atom. The fourth-order valence-corrected chi connectivity index (χ4v) is 2.52. The lowest BCUT2D eigenvalue weighted by molar-refractivity contribution is -0.163. The Balaban J connectivity index is 2.30. The van der Waals surface area contributed by atoms with Crippen LogP contribution in [0.2, 0.25) is 0 Å². The Kier molecular flexibility index (Phi) is 5.97. The zero-order valence-corrected chi connectivity index (χ0v) is 15.1. The summed E-state index contributed by atoms with van der Waals surface area (Å²) in [6, 6.07) is 16.8. The van der Waals surface area contributed by atoms with E-state index in [9.17, 15) is 9.59 Å². The van der Waals surface area contributed by atoms with Crippen LogP contribution in [0, 0.1) is 0 Å². The molecule has 0 aromatic heterocycles. The van der Waals surface area contributed by atoms with E-state index < -0.39 is 23.3 Å². The molecule has 0 N–H and O–H groups in total. The first kappa shape index (κ1) is 18.7. The highest BCUT2D eigenvalue weighted by atomic mass is 16.6. The smallest absolute Gasteiger partial charge is 0.375 e. The van der Waals surface area contributed by atoms with Crippen molar-refractivity contribution in [1.82, 2.24) is 0 Å². The molecular formula is C21H24O4. The molecule has 2 rings (SSSR count). The second kappa shape index (κ2) is 7.97. The monoisotopic (exact) mass is 340 g/mol. The molecule has 2 aromatic rings. The highest BCUT2D eigenvalue weighted by Crippen LogP contribution is 2.25. The van der Waals surface area contributed by atoms with Gasteiger partial charge >= 0.3 is 5.97 Å². The van der Waals surface area contributed by atoms with Crippen molar-refractivity contribution < 1.29 is 19.1 Å². The molecule has 132 valence electrons. The van der Waals surface area contributed by atoms with Crippen molar-refractivity contribution in [1.29, 1.82) is 0 Å². The first-order chi connectivity index (χ1) is 11.8. The fraction of sp³-hybridized carbons (Fsp3) is 0.333. The van der Waals surface area contributed by atoms with E-state index in [4.69, 9.17) is 9.47 Å². The summed E-state index contributed by atoms with van der Waals surface area (Å²) in [6.45, 7) is 5.24. The van der Waals surface area contributed by atoms with Crippen molar-refractivity contribution in [2.75, 3.05) is 7.11 Å². The van der Waals surface area contributed by atoms with E-state index in [2.05, 4.69) is 0 Å². The van der Waals surface area contributed by atoms with Crippen LogP contribution in [-0.2, 0) is 20.7 Å². The Morgan fingerprint density at radius 3 is 2.08 bits per heavy atom. The molecule has 1 unspecified atom stereocenters. The number of hydrogen-bond donors (Lipinski definition) is 0. The zero-order valence-electron chi connectivity index (χ0n) is 15.1. The van der Waals surface area contributed by atoms with E-state index in [0.29, 0.717) is 12.2 Å². The van der Waals surface area contributed by atoms with E-state index in [1.165, 1.54) is 0 Å². The highest BCUT2D eigenvalue weighted by Gasteiger charge is 2.31. The molecule has 0 fully saturated rings. The third-order valence-electron chi connectivity index (χ3n) is 3.72. The summed E-state index contributed by atoms with van der Waals surface area (Å²) < 4.78 is 10.4. The average molecular weight is 340 g/mol. The van der Waals surface area contributed by atoms with Crippen molar-refractivity contribution in [3.63, 3.8) is 0 Å². The predicted octanol–water partition coefficient (Wildman–Crippen LogP) is 3.93. The summed E-state index contributed by atoms with van der Waals surface area (Å²) in [4.78, 5) is 25.1. The van der Waals surface area contributed by atoms with Crippen molar-refractivity contribution in [3.8, 4) is 5.75 Å². The number of methoxy groups -OCH3 is 1. The van der Waals surface area contributed by atoms with E-state index in [1.807, 2.05) is 42.5 Å². The van der Waals surface area contributed by atoms with E-state index in [1.54, 1.807) is 40.0 Å². The molecule has 0 spiro atoms. The molecule has 0 amide bonds. The van der Waals surface area contributed by atoms with Gasteiger partial charge in [-0.2, -0.15) is 0 Å². The number of esters is 1. The lowest BCUT2D eigenvalue weighted by Crippen LogP contribution is -2.32. The normalized spacial score (nSPS) is 12.3. The summed E-state index contributed by atoms with van der Waals surface area (Å²) in [5.41, 5.74) is 1.05. The summed E-state index contributed by atoms with van der Waals surface area (Å²) in [6.07, 6.45) is 0.436. The van der Waals surface area contributed by atoms with Gasteiger partial charge in [-0.05, 0) is 50.5 Å². The second-order valence-corrected chi connectivity index (χ2v) is 6.88. The van der Waals surface area contributed by atoms with E-state index >= 15 is 0 Å². The van der Waals surface area contributed by atoms with Crippen LogP contribution in [0.25, 0.3) is 0 Å². The van der Waals surface area contributed by atoms with Crippen LogP contribution in [0.3, 0.4) is 0 Å². The Labute approximate surface area is 148 Å². The third kappa shape index (κ3) is 5.45. The molecule has 0 bridgehead atoms. The maximum atomic E-state index is 12.8. The SMILES string of the molecule is COc1ccc(C(Cc2ccccc2)C(=O)C(=O)OC(C)(C)C)cc1. The minimum absolute atomic E-state index is 0.436. The van der Waals surface area contributed by atoms with Crippen LogP contribution in [0.4, 0.5) is 0 Å². The molecule has 0 saturated carbocycles. The summed E-state index contributed by atoms with van der Waals surface area (Å²) in [5.74, 6) is -1.23. The first-order valence-electron chi connectivity index (χ1n) is 8.25. The van der Waals surface area contributed by atoms with Gasteiger partial charge in [0.15, 0.2) is 0 Å². The van der Waals surface area contributed by atoms with Gasteiger partial charge in [0.25, 0.3) is 0 Å². The number of ketones is 1. The summed E-state index contributed by atoms with van der Waals surface area (Å²) in [5, 5.41) is 0. The number of hydrogen-bond acceptors (Lipinski definition) is 4. The number of Topliss-reactive ketones (excluding diaryl/α,β-unsaturated/α-hetero) is 1. The van der Waals surface area contributed by atoms with Gasteiger partial charge in [-0.1, -0.05) is 42.5 Å². The molecule has 0 aliphatic carbocycles. The van der Waals surface area contributed by atoms with Crippen LogP contribution in [-0.4, -0.2) is 24.5 Å². The van der Waals surface area contributed by atoms with Gasteiger partial charge < -0.3 is 9.47 Å². The van der Waals surface area contributed by atoms with Gasteiger partial charge in [0.2, 0.25) is 5.78 Å². The van der Waals surface area contributed by atoms with Gasteiger partial charge in [0.1, 0.15) is 11.4 Å². The van der Waals surface area contributed by atoms with Crippen LogP contribution in [0.5, 0.6) is 5.75 Å². The predicted molar refractivity (Wildman–Crippen MR) is 96.7 cm³/mol. The van der Waals surface area contributed by atoms with Crippen molar-refractivity contribution in [2.24, 2.45) is 0 Å². The van der Waals surface area contributed by atoms with Crippen molar-refractivity contribution in [2.45, 2.75) is 38.7 Å². The molecule has 4 heteroatoms. The molecule has 0 radical (unpaired) electrons. The van der Waals surface area contributed by atoms with Gasteiger partial charge in [0, 0.05) is 0 Å². The number of carbonyl (C=O) groups is 2. The minimum Gasteiger partial charge on any atom is -0.497 e. The van der Waals surface area contributed by atoms with Gasteiger partial charge in [-0.25, -0.2) is 4.79 Å². The lowest BCUT2D eigenvalue weighted by atomic mass is 9.88. The highest BCUT2D eigenvalue weighted by molar-refractivity contribution is 6.36. The van der Waals surface area contributed by atoms with Crippen LogP contribution >= 0.6 is 0 Å². The topological polar surface area (TPSA) is 52.6 Å². The molecule has 1 atom stereocenters. The Morgan fingerprint density at radius 2 is 1.56 bits per heavy atom. The van der Waals surface area contributed by atoms with Gasteiger partial charge in [0.05, 0.1) is 13.0 Å². The largest absolute Gasteiger partial charge is 0.497 e. The quantitative estimate of drug-likeness (QED) is 0.590. The molecule has 0 saturated heterocycles.